The summed E-state index contributed by atoms with van der Waals surface area (Å²) in [6.07, 6.45) is 5.59. The third kappa shape index (κ3) is 2.71. The third-order valence-corrected chi connectivity index (χ3v) is 4.42. The Bertz CT molecular complexity index is 620. The monoisotopic (exact) mass is 284 g/mol. The molecule has 2 aromatic heterocycles. The summed E-state index contributed by atoms with van der Waals surface area (Å²) in [6, 6.07) is 6.21. The van der Waals surface area contributed by atoms with Crippen molar-refractivity contribution in [2.45, 2.75) is 38.6 Å². The first kappa shape index (κ1) is 13.0. The Hall–Kier alpha value is -1.72. The third-order valence-electron chi connectivity index (χ3n) is 4.42. The van der Waals surface area contributed by atoms with E-state index in [1.807, 2.05) is 12.4 Å². The molecule has 21 heavy (non-hydrogen) atoms. The number of hydrogen-bond donors (Lipinski definition) is 1. The van der Waals surface area contributed by atoms with Crippen molar-refractivity contribution in [3.63, 3.8) is 0 Å². The fourth-order valence-electron chi connectivity index (χ4n) is 3.02. The highest BCUT2D eigenvalue weighted by Gasteiger charge is 2.33. The van der Waals surface area contributed by atoms with Crippen LogP contribution in [0.15, 0.2) is 30.6 Å². The standard InChI is InChI=1S/C16H20N4O/c21-16(13-1-2-13)15-9-14-11-19(7-8-20(14)18-15)10-12-3-5-17-6-4-12/h3-6,9,13,16,21H,1-2,7-8,10-11H2/t16-/m0/s1. The van der Waals surface area contributed by atoms with E-state index in [0.717, 1.165) is 44.7 Å². The van der Waals surface area contributed by atoms with E-state index in [-0.39, 0.29) is 6.10 Å². The summed E-state index contributed by atoms with van der Waals surface area (Å²) < 4.78 is 2.06. The summed E-state index contributed by atoms with van der Waals surface area (Å²) in [6.45, 7) is 3.73. The van der Waals surface area contributed by atoms with Gasteiger partial charge in [-0.1, -0.05) is 0 Å². The van der Waals surface area contributed by atoms with Crippen molar-refractivity contribution in [2.24, 2.45) is 5.92 Å². The predicted molar refractivity (Wildman–Crippen MR) is 78.3 cm³/mol. The SMILES string of the molecule is O[C@H](c1cc2n(n1)CCN(Cc1ccncc1)C2)C1CC1. The number of pyridine rings is 1. The molecule has 3 heterocycles. The molecule has 1 fully saturated rings. The van der Waals surface area contributed by atoms with Gasteiger partial charge in [0.25, 0.3) is 0 Å². The highest BCUT2D eigenvalue weighted by atomic mass is 16.3. The first-order valence-electron chi connectivity index (χ1n) is 7.65. The second-order valence-electron chi connectivity index (χ2n) is 6.13. The van der Waals surface area contributed by atoms with Crippen molar-refractivity contribution in [2.75, 3.05) is 6.54 Å². The minimum Gasteiger partial charge on any atom is -0.386 e. The molecule has 1 saturated carbocycles. The molecule has 0 bridgehead atoms. The van der Waals surface area contributed by atoms with Gasteiger partial charge < -0.3 is 5.11 Å². The van der Waals surface area contributed by atoms with Gasteiger partial charge in [0, 0.05) is 32.0 Å². The minimum atomic E-state index is -0.364. The summed E-state index contributed by atoms with van der Waals surface area (Å²) in [4.78, 5) is 6.48. The Morgan fingerprint density at radius 3 is 2.81 bits per heavy atom. The molecule has 0 saturated heterocycles. The maximum Gasteiger partial charge on any atom is 0.101 e. The van der Waals surface area contributed by atoms with Crippen LogP contribution in [0, 0.1) is 5.92 Å². The van der Waals surface area contributed by atoms with Crippen molar-refractivity contribution in [1.29, 1.82) is 0 Å². The molecule has 0 aromatic carbocycles. The molecule has 5 heteroatoms. The normalized spacial score (nSPS) is 20.2. The number of hydrogen-bond acceptors (Lipinski definition) is 4. The molecule has 4 rings (SSSR count). The average molecular weight is 284 g/mol. The maximum absolute atomic E-state index is 10.2. The molecule has 1 aliphatic carbocycles. The van der Waals surface area contributed by atoms with E-state index >= 15 is 0 Å². The molecule has 110 valence electrons. The topological polar surface area (TPSA) is 54.2 Å². The van der Waals surface area contributed by atoms with Gasteiger partial charge in [-0.15, -0.1) is 0 Å². The number of aliphatic hydroxyl groups is 1. The zero-order valence-corrected chi connectivity index (χ0v) is 12.0. The van der Waals surface area contributed by atoms with Crippen LogP contribution >= 0.6 is 0 Å². The van der Waals surface area contributed by atoms with E-state index < -0.39 is 0 Å². The van der Waals surface area contributed by atoms with Gasteiger partial charge in [-0.2, -0.15) is 5.10 Å². The Morgan fingerprint density at radius 1 is 1.24 bits per heavy atom. The van der Waals surface area contributed by atoms with Gasteiger partial charge in [0.15, 0.2) is 0 Å². The van der Waals surface area contributed by atoms with Crippen LogP contribution in [0.4, 0.5) is 0 Å². The minimum absolute atomic E-state index is 0.364. The largest absolute Gasteiger partial charge is 0.386 e. The highest BCUT2D eigenvalue weighted by molar-refractivity contribution is 5.17. The van der Waals surface area contributed by atoms with Gasteiger partial charge in [-0.3, -0.25) is 14.6 Å². The molecular weight excluding hydrogens is 264 g/mol. The Morgan fingerprint density at radius 2 is 2.05 bits per heavy atom. The van der Waals surface area contributed by atoms with Crippen molar-refractivity contribution < 1.29 is 5.11 Å². The van der Waals surface area contributed by atoms with E-state index in [4.69, 9.17) is 0 Å². The zero-order chi connectivity index (χ0) is 14.2. The van der Waals surface area contributed by atoms with Crippen molar-refractivity contribution in [1.82, 2.24) is 19.7 Å². The maximum atomic E-state index is 10.2. The van der Waals surface area contributed by atoms with E-state index in [1.54, 1.807) is 0 Å². The van der Waals surface area contributed by atoms with Gasteiger partial charge in [0.2, 0.25) is 0 Å². The van der Waals surface area contributed by atoms with Crippen LogP contribution in [0.2, 0.25) is 0 Å². The zero-order valence-electron chi connectivity index (χ0n) is 12.0. The van der Waals surface area contributed by atoms with Crippen LogP contribution in [0.1, 0.15) is 35.9 Å². The highest BCUT2D eigenvalue weighted by Crippen LogP contribution is 2.40. The van der Waals surface area contributed by atoms with E-state index in [2.05, 4.69) is 37.9 Å². The van der Waals surface area contributed by atoms with Crippen LogP contribution in [0.3, 0.4) is 0 Å². The number of nitrogens with zero attached hydrogens (tertiary/aromatic N) is 4. The van der Waals surface area contributed by atoms with Gasteiger partial charge in [-0.05, 0) is 42.5 Å². The molecule has 0 radical (unpaired) electrons. The van der Waals surface area contributed by atoms with E-state index in [0.29, 0.717) is 5.92 Å². The van der Waals surface area contributed by atoms with Crippen molar-refractivity contribution in [3.8, 4) is 0 Å². The molecule has 5 nitrogen and oxygen atoms in total. The second-order valence-corrected chi connectivity index (χ2v) is 6.13. The Labute approximate surface area is 124 Å². The first-order valence-corrected chi connectivity index (χ1v) is 7.65. The first-order chi connectivity index (χ1) is 10.3. The van der Waals surface area contributed by atoms with Gasteiger partial charge in [0.1, 0.15) is 6.10 Å². The smallest absolute Gasteiger partial charge is 0.101 e. The molecule has 2 aliphatic rings. The molecule has 1 atom stereocenters. The van der Waals surface area contributed by atoms with E-state index in [9.17, 15) is 5.11 Å². The van der Waals surface area contributed by atoms with Gasteiger partial charge in [-0.25, -0.2) is 0 Å². The second kappa shape index (κ2) is 5.24. The van der Waals surface area contributed by atoms with Crippen molar-refractivity contribution >= 4 is 0 Å². The van der Waals surface area contributed by atoms with E-state index in [1.165, 1.54) is 11.3 Å². The lowest BCUT2D eigenvalue weighted by molar-refractivity contribution is 0.147. The van der Waals surface area contributed by atoms with Crippen LogP contribution in [-0.2, 0) is 19.6 Å². The van der Waals surface area contributed by atoms with Crippen LogP contribution in [-0.4, -0.2) is 31.3 Å². The number of fused-ring (bicyclic) bond motifs is 1. The lowest BCUT2D eigenvalue weighted by Gasteiger charge is -2.27. The van der Waals surface area contributed by atoms with Gasteiger partial charge in [0.05, 0.1) is 17.9 Å². The molecular formula is C16H20N4O. The summed E-state index contributed by atoms with van der Waals surface area (Å²) in [5.41, 5.74) is 3.36. The van der Waals surface area contributed by atoms with Gasteiger partial charge >= 0.3 is 0 Å². The summed E-state index contributed by atoms with van der Waals surface area (Å²) >= 11 is 0. The average Bonchev–Trinajstić information content (AvgIpc) is 3.27. The summed E-state index contributed by atoms with van der Waals surface area (Å²) in [7, 11) is 0. The van der Waals surface area contributed by atoms with Crippen molar-refractivity contribution in [3.05, 3.63) is 47.5 Å². The lowest BCUT2D eigenvalue weighted by atomic mass is 10.1. The van der Waals surface area contributed by atoms with Crippen LogP contribution in [0.25, 0.3) is 0 Å². The lowest BCUT2D eigenvalue weighted by Crippen LogP contribution is -2.33. The van der Waals surface area contributed by atoms with Crippen LogP contribution in [0.5, 0.6) is 0 Å². The molecule has 1 aliphatic heterocycles. The predicted octanol–water partition coefficient (Wildman–Crippen LogP) is 1.74. The van der Waals surface area contributed by atoms with Crippen LogP contribution < -0.4 is 0 Å². The summed E-state index contributed by atoms with van der Waals surface area (Å²) in [5.74, 6) is 0.440. The molecule has 0 spiro atoms. The summed E-state index contributed by atoms with van der Waals surface area (Å²) in [5, 5.41) is 14.8. The number of aromatic nitrogens is 3. The quantitative estimate of drug-likeness (QED) is 0.929. The number of rotatable bonds is 4. The number of aliphatic hydroxyl groups excluding tert-OH is 1. The molecule has 2 aromatic rings. The molecule has 1 N–H and O–H groups in total. The fraction of sp³-hybridized carbons (Fsp3) is 0.500. The molecule has 0 amide bonds. The Balaban J connectivity index is 1.47. The fourth-order valence-corrected chi connectivity index (χ4v) is 3.02. The molecule has 0 unspecified atom stereocenters. The Kier molecular flexibility index (Phi) is 3.24.